The highest BCUT2D eigenvalue weighted by Crippen LogP contribution is 2.14. The Morgan fingerprint density at radius 2 is 1.95 bits per heavy atom. The van der Waals surface area contributed by atoms with Crippen LogP contribution in [0.4, 0.5) is 0 Å². The fourth-order valence-electron chi connectivity index (χ4n) is 1.98. The van der Waals surface area contributed by atoms with Crippen molar-refractivity contribution < 1.29 is 9.59 Å². The summed E-state index contributed by atoms with van der Waals surface area (Å²) in [6, 6.07) is 7.41. The number of amides is 2. The first-order valence-corrected chi connectivity index (χ1v) is 7.53. The molecule has 1 aromatic rings. The fourth-order valence-corrected chi connectivity index (χ4v) is 2.18. The maximum atomic E-state index is 11.8. The van der Waals surface area contributed by atoms with E-state index < -0.39 is 0 Å². The van der Waals surface area contributed by atoms with Crippen LogP contribution in [0.1, 0.15) is 32.8 Å². The molecule has 0 aliphatic rings. The maximum absolute atomic E-state index is 11.8. The van der Waals surface area contributed by atoms with Crippen LogP contribution in [0, 0.1) is 5.92 Å². The van der Waals surface area contributed by atoms with E-state index in [0.717, 1.165) is 5.56 Å². The number of nitrogens with one attached hydrogen (secondary N) is 1. The highest BCUT2D eigenvalue weighted by Gasteiger charge is 2.12. The number of benzene rings is 1. The summed E-state index contributed by atoms with van der Waals surface area (Å²) in [4.78, 5) is 25.0. The van der Waals surface area contributed by atoms with Gasteiger partial charge in [0.15, 0.2) is 0 Å². The van der Waals surface area contributed by atoms with Crippen LogP contribution in [-0.2, 0) is 16.1 Å². The van der Waals surface area contributed by atoms with Gasteiger partial charge in [-0.15, -0.1) is 0 Å². The van der Waals surface area contributed by atoms with Gasteiger partial charge in [-0.25, -0.2) is 0 Å². The molecule has 116 valence electrons. The van der Waals surface area contributed by atoms with E-state index >= 15 is 0 Å². The van der Waals surface area contributed by atoms with Crippen molar-refractivity contribution in [3.8, 4) is 0 Å². The highest BCUT2D eigenvalue weighted by molar-refractivity contribution is 6.31. The summed E-state index contributed by atoms with van der Waals surface area (Å²) in [5.74, 6) is 0.313. The third-order valence-corrected chi connectivity index (χ3v) is 3.44. The van der Waals surface area contributed by atoms with E-state index in [1.807, 2.05) is 32.0 Å². The van der Waals surface area contributed by atoms with Crippen molar-refractivity contribution >= 4 is 23.4 Å². The minimum Gasteiger partial charge on any atom is -0.352 e. The molecular weight excluding hydrogens is 288 g/mol. The minimum atomic E-state index is -0.0788. The van der Waals surface area contributed by atoms with Crippen LogP contribution >= 0.6 is 11.6 Å². The number of carbonyl (C=O) groups excluding carboxylic acids is 2. The molecule has 0 saturated heterocycles. The lowest BCUT2D eigenvalue weighted by atomic mass is 10.2. The Morgan fingerprint density at radius 3 is 2.52 bits per heavy atom. The standard InChI is InChI=1S/C16H23ClN2O2/c1-12(2)11-19(13(3)20)9-8-16(21)18-10-14-6-4-5-7-15(14)17/h4-7,12H,8-11H2,1-3H3,(H,18,21). The molecule has 0 heterocycles. The third kappa shape index (κ3) is 6.63. The lowest BCUT2D eigenvalue weighted by Gasteiger charge is -2.22. The monoisotopic (exact) mass is 310 g/mol. The molecule has 0 aromatic heterocycles. The number of hydrogen-bond acceptors (Lipinski definition) is 2. The summed E-state index contributed by atoms with van der Waals surface area (Å²) in [6.07, 6.45) is 0.302. The zero-order valence-corrected chi connectivity index (χ0v) is 13.6. The summed E-state index contributed by atoms with van der Waals surface area (Å²) < 4.78 is 0. The van der Waals surface area contributed by atoms with Crippen molar-refractivity contribution in [2.45, 2.75) is 33.7 Å². The van der Waals surface area contributed by atoms with Crippen LogP contribution in [0.2, 0.25) is 5.02 Å². The molecule has 0 spiro atoms. The predicted molar refractivity (Wildman–Crippen MR) is 85.0 cm³/mol. The number of rotatable bonds is 7. The zero-order valence-electron chi connectivity index (χ0n) is 12.9. The Hall–Kier alpha value is -1.55. The van der Waals surface area contributed by atoms with E-state index in [9.17, 15) is 9.59 Å². The number of nitrogens with zero attached hydrogens (tertiary/aromatic N) is 1. The van der Waals surface area contributed by atoms with Gasteiger partial charge < -0.3 is 10.2 Å². The molecule has 1 N–H and O–H groups in total. The first-order chi connectivity index (χ1) is 9.90. The molecule has 0 unspecified atom stereocenters. The van der Waals surface area contributed by atoms with Gasteiger partial charge in [0, 0.05) is 38.0 Å². The quantitative estimate of drug-likeness (QED) is 0.842. The minimum absolute atomic E-state index is 0.00241. The van der Waals surface area contributed by atoms with Crippen molar-refractivity contribution in [1.29, 1.82) is 0 Å². The molecule has 4 nitrogen and oxygen atoms in total. The number of hydrogen-bond donors (Lipinski definition) is 1. The Balaban J connectivity index is 2.39. The molecule has 0 fully saturated rings. The lowest BCUT2D eigenvalue weighted by molar-refractivity contribution is -0.130. The van der Waals surface area contributed by atoms with Crippen LogP contribution < -0.4 is 5.32 Å². The lowest BCUT2D eigenvalue weighted by Crippen LogP contribution is -2.36. The molecular formula is C16H23ClN2O2. The van der Waals surface area contributed by atoms with Gasteiger partial charge in [0.05, 0.1) is 0 Å². The van der Waals surface area contributed by atoms with Gasteiger partial charge >= 0.3 is 0 Å². The van der Waals surface area contributed by atoms with Crippen molar-refractivity contribution in [1.82, 2.24) is 10.2 Å². The molecule has 0 saturated carbocycles. The maximum Gasteiger partial charge on any atom is 0.222 e. The summed E-state index contributed by atoms with van der Waals surface area (Å²) in [5.41, 5.74) is 0.887. The van der Waals surface area contributed by atoms with Gasteiger partial charge in [0.1, 0.15) is 0 Å². The first-order valence-electron chi connectivity index (χ1n) is 7.15. The Morgan fingerprint density at radius 1 is 1.29 bits per heavy atom. The molecule has 21 heavy (non-hydrogen) atoms. The average Bonchev–Trinajstić information content (AvgIpc) is 2.41. The molecule has 0 aliphatic carbocycles. The molecule has 0 radical (unpaired) electrons. The molecule has 1 aromatic carbocycles. The van der Waals surface area contributed by atoms with Crippen molar-refractivity contribution in [3.05, 3.63) is 34.9 Å². The molecule has 0 atom stereocenters. The van der Waals surface area contributed by atoms with E-state index in [1.54, 1.807) is 11.0 Å². The van der Waals surface area contributed by atoms with Gasteiger partial charge in [0.2, 0.25) is 11.8 Å². The van der Waals surface area contributed by atoms with E-state index in [-0.39, 0.29) is 11.8 Å². The van der Waals surface area contributed by atoms with Crippen LogP contribution in [0.3, 0.4) is 0 Å². The van der Waals surface area contributed by atoms with Gasteiger partial charge in [-0.1, -0.05) is 43.6 Å². The Kier molecular flexibility index (Phi) is 7.23. The van der Waals surface area contributed by atoms with Gasteiger partial charge in [0.25, 0.3) is 0 Å². The Labute approximate surface area is 131 Å². The Bertz CT molecular complexity index is 489. The van der Waals surface area contributed by atoms with Crippen LogP contribution in [-0.4, -0.2) is 29.8 Å². The number of halogens is 1. The van der Waals surface area contributed by atoms with E-state index in [0.29, 0.717) is 37.0 Å². The second-order valence-corrected chi connectivity index (χ2v) is 5.88. The largest absolute Gasteiger partial charge is 0.352 e. The summed E-state index contributed by atoms with van der Waals surface area (Å²) in [6.45, 7) is 7.16. The van der Waals surface area contributed by atoms with Crippen LogP contribution in [0.15, 0.2) is 24.3 Å². The van der Waals surface area contributed by atoms with E-state index in [2.05, 4.69) is 5.32 Å². The number of carbonyl (C=O) groups is 2. The average molecular weight is 311 g/mol. The normalized spacial score (nSPS) is 10.5. The summed E-state index contributed by atoms with van der Waals surface area (Å²) >= 11 is 6.03. The second-order valence-electron chi connectivity index (χ2n) is 5.48. The molecule has 0 aliphatic heterocycles. The topological polar surface area (TPSA) is 49.4 Å². The van der Waals surface area contributed by atoms with Crippen molar-refractivity contribution in [2.75, 3.05) is 13.1 Å². The molecule has 0 bridgehead atoms. The summed E-state index contributed by atoms with van der Waals surface area (Å²) in [5, 5.41) is 3.47. The third-order valence-electron chi connectivity index (χ3n) is 3.07. The van der Waals surface area contributed by atoms with E-state index in [4.69, 9.17) is 11.6 Å². The van der Waals surface area contributed by atoms with Crippen molar-refractivity contribution in [2.24, 2.45) is 5.92 Å². The van der Waals surface area contributed by atoms with Crippen LogP contribution in [0.5, 0.6) is 0 Å². The van der Waals surface area contributed by atoms with Crippen molar-refractivity contribution in [3.63, 3.8) is 0 Å². The first kappa shape index (κ1) is 17.5. The van der Waals surface area contributed by atoms with Gasteiger partial charge in [-0.2, -0.15) is 0 Å². The molecule has 2 amide bonds. The molecule has 5 heteroatoms. The molecule has 1 rings (SSSR count). The highest BCUT2D eigenvalue weighted by atomic mass is 35.5. The van der Waals surface area contributed by atoms with Crippen LogP contribution in [0.25, 0.3) is 0 Å². The summed E-state index contributed by atoms with van der Waals surface area (Å²) in [7, 11) is 0. The SMILES string of the molecule is CC(=O)N(CCC(=O)NCc1ccccc1Cl)CC(C)C. The van der Waals surface area contributed by atoms with Gasteiger partial charge in [-0.05, 0) is 17.5 Å². The predicted octanol–water partition coefficient (Wildman–Crippen LogP) is 2.85. The van der Waals surface area contributed by atoms with E-state index in [1.165, 1.54) is 6.92 Å². The smallest absolute Gasteiger partial charge is 0.222 e. The second kappa shape index (κ2) is 8.67. The zero-order chi connectivity index (χ0) is 15.8. The fraction of sp³-hybridized carbons (Fsp3) is 0.500. The van der Waals surface area contributed by atoms with Gasteiger partial charge in [-0.3, -0.25) is 9.59 Å².